The fourth-order valence-electron chi connectivity index (χ4n) is 2.48. The van der Waals surface area contributed by atoms with Crippen LogP contribution in [0.3, 0.4) is 0 Å². The van der Waals surface area contributed by atoms with E-state index in [-0.39, 0.29) is 17.0 Å². The van der Waals surface area contributed by atoms with Crippen molar-refractivity contribution in [2.45, 2.75) is 39.3 Å². The van der Waals surface area contributed by atoms with E-state index >= 15 is 0 Å². The third kappa shape index (κ3) is 4.66. The average molecular weight is 392 g/mol. The van der Waals surface area contributed by atoms with Gasteiger partial charge >= 0.3 is 6.18 Å². The largest absolute Gasteiger partial charge is 0.438 e. The van der Waals surface area contributed by atoms with Gasteiger partial charge < -0.3 is 4.74 Å². The lowest BCUT2D eigenvalue weighted by molar-refractivity contribution is -0.134. The van der Waals surface area contributed by atoms with Crippen LogP contribution in [0.5, 0.6) is 11.6 Å². The zero-order chi connectivity index (χ0) is 19.8. The van der Waals surface area contributed by atoms with Crippen molar-refractivity contribution in [3.63, 3.8) is 0 Å². The molecule has 142 valence electrons. The second-order valence-corrected chi connectivity index (χ2v) is 8.16. The third-order valence-corrected chi connectivity index (χ3v) is 4.87. The lowest BCUT2D eigenvalue weighted by atomic mass is 9.87. The highest BCUT2D eigenvalue weighted by molar-refractivity contribution is 7.10. The zero-order valence-corrected chi connectivity index (χ0v) is 16.2. The van der Waals surface area contributed by atoms with Crippen LogP contribution in [0.1, 0.15) is 36.9 Å². The first-order valence-corrected chi connectivity index (χ1v) is 9.20. The summed E-state index contributed by atoms with van der Waals surface area (Å²) in [6.45, 7) is 8.18. The summed E-state index contributed by atoms with van der Waals surface area (Å²) in [6.07, 6.45) is -4.38. The first-order valence-electron chi connectivity index (χ1n) is 8.32. The van der Waals surface area contributed by atoms with Gasteiger partial charge in [0.05, 0.1) is 0 Å². The Labute approximate surface area is 159 Å². The summed E-state index contributed by atoms with van der Waals surface area (Å²) >= 11 is 0.591. The summed E-state index contributed by atoms with van der Waals surface area (Å²) in [5.41, 5.74) is 2.71. The summed E-state index contributed by atoms with van der Waals surface area (Å²) in [5, 5.41) is 1.32. The predicted octanol–water partition coefficient (Wildman–Crippen LogP) is 6.62. The minimum Gasteiger partial charge on any atom is -0.438 e. The highest BCUT2D eigenvalue weighted by Crippen LogP contribution is 2.37. The minimum atomic E-state index is -4.38. The molecule has 0 N–H and O–H groups in total. The van der Waals surface area contributed by atoms with Gasteiger partial charge in [0.15, 0.2) is 5.82 Å². The molecule has 0 saturated carbocycles. The summed E-state index contributed by atoms with van der Waals surface area (Å²) in [5.74, 6) is 0.792. The molecule has 7 heteroatoms. The van der Waals surface area contributed by atoms with E-state index in [2.05, 4.69) is 30.7 Å². The smallest absolute Gasteiger partial charge is 0.425 e. The maximum absolute atomic E-state index is 12.7. The molecule has 0 amide bonds. The van der Waals surface area contributed by atoms with Gasteiger partial charge in [-0.25, -0.2) is 4.98 Å². The van der Waals surface area contributed by atoms with Gasteiger partial charge in [-0.1, -0.05) is 45.0 Å². The Balaban J connectivity index is 1.87. The van der Waals surface area contributed by atoms with Gasteiger partial charge in [-0.15, -0.1) is 11.3 Å². The Morgan fingerprint density at radius 2 is 1.63 bits per heavy atom. The minimum absolute atomic E-state index is 0.0371. The molecule has 0 aliphatic rings. The van der Waals surface area contributed by atoms with Crippen molar-refractivity contribution in [2.24, 2.45) is 0 Å². The van der Waals surface area contributed by atoms with Crippen molar-refractivity contribution in [2.75, 3.05) is 0 Å². The highest BCUT2D eigenvalue weighted by atomic mass is 32.1. The molecule has 0 aliphatic carbocycles. The number of hydrogen-bond donors (Lipinski definition) is 0. The van der Waals surface area contributed by atoms with Crippen molar-refractivity contribution >= 4 is 11.3 Å². The summed E-state index contributed by atoms with van der Waals surface area (Å²) in [6, 6.07) is 10.5. The first-order chi connectivity index (χ1) is 12.5. The Morgan fingerprint density at radius 3 is 2.19 bits per heavy atom. The fraction of sp³-hybridized carbons (Fsp3) is 0.300. The van der Waals surface area contributed by atoms with Crippen LogP contribution in [0, 0.1) is 6.92 Å². The molecule has 0 aliphatic heterocycles. The lowest BCUT2D eigenvalue weighted by Crippen LogP contribution is -2.10. The van der Waals surface area contributed by atoms with Gasteiger partial charge in [0.25, 0.3) is 0 Å². The van der Waals surface area contributed by atoms with Gasteiger partial charge in [0, 0.05) is 28.8 Å². The quantitative estimate of drug-likeness (QED) is 0.502. The van der Waals surface area contributed by atoms with Crippen LogP contribution in [0.4, 0.5) is 13.2 Å². The Hall–Kier alpha value is -2.41. The summed E-state index contributed by atoms with van der Waals surface area (Å²) in [4.78, 5) is 8.06. The third-order valence-electron chi connectivity index (χ3n) is 3.92. The molecule has 0 atom stereocenters. The van der Waals surface area contributed by atoms with Gasteiger partial charge in [0.2, 0.25) is 5.88 Å². The molecule has 0 spiro atoms. The van der Waals surface area contributed by atoms with Crippen LogP contribution in [-0.2, 0) is 11.6 Å². The number of thiophene rings is 1. The SMILES string of the molecule is Cc1cc(Oc2csc(C(F)(F)F)c2)nc(-c2ccc(C(C)(C)C)cc2)n1. The molecule has 3 rings (SSSR count). The molecule has 3 aromatic rings. The van der Waals surface area contributed by atoms with E-state index in [0.29, 0.717) is 22.9 Å². The maximum atomic E-state index is 12.7. The van der Waals surface area contributed by atoms with E-state index in [1.54, 1.807) is 13.0 Å². The van der Waals surface area contributed by atoms with E-state index in [4.69, 9.17) is 4.74 Å². The molecule has 0 radical (unpaired) electrons. The highest BCUT2D eigenvalue weighted by Gasteiger charge is 2.32. The van der Waals surface area contributed by atoms with Crippen molar-refractivity contribution in [1.82, 2.24) is 9.97 Å². The number of ether oxygens (including phenoxy) is 1. The first kappa shape index (κ1) is 19.4. The number of hydrogen-bond acceptors (Lipinski definition) is 4. The van der Waals surface area contributed by atoms with Crippen LogP contribution in [-0.4, -0.2) is 9.97 Å². The van der Waals surface area contributed by atoms with Gasteiger partial charge in [-0.2, -0.15) is 18.2 Å². The Kier molecular flexibility index (Phi) is 4.99. The Bertz CT molecular complexity index is 941. The van der Waals surface area contributed by atoms with Crippen molar-refractivity contribution in [1.29, 1.82) is 0 Å². The molecule has 0 fully saturated rings. The van der Waals surface area contributed by atoms with Gasteiger partial charge in [-0.3, -0.25) is 0 Å². The van der Waals surface area contributed by atoms with Crippen LogP contribution in [0.2, 0.25) is 0 Å². The fourth-order valence-corrected chi connectivity index (χ4v) is 3.16. The Morgan fingerprint density at radius 1 is 0.963 bits per heavy atom. The molecule has 0 unspecified atom stereocenters. The predicted molar refractivity (Wildman–Crippen MR) is 100 cm³/mol. The van der Waals surface area contributed by atoms with E-state index in [1.807, 2.05) is 24.3 Å². The number of aryl methyl sites for hydroxylation is 1. The van der Waals surface area contributed by atoms with E-state index in [0.717, 1.165) is 11.6 Å². The maximum Gasteiger partial charge on any atom is 0.425 e. The molecule has 2 aromatic heterocycles. The van der Waals surface area contributed by atoms with Gasteiger partial charge in [0.1, 0.15) is 10.6 Å². The van der Waals surface area contributed by atoms with Crippen LogP contribution in [0.25, 0.3) is 11.4 Å². The zero-order valence-electron chi connectivity index (χ0n) is 15.4. The number of alkyl halides is 3. The van der Waals surface area contributed by atoms with Crippen molar-refractivity contribution in [3.05, 3.63) is 57.9 Å². The van der Waals surface area contributed by atoms with Crippen LogP contribution >= 0.6 is 11.3 Å². The topological polar surface area (TPSA) is 35.0 Å². The molecule has 0 bridgehead atoms. The van der Waals surface area contributed by atoms with Crippen LogP contribution in [0.15, 0.2) is 41.8 Å². The van der Waals surface area contributed by atoms with E-state index in [9.17, 15) is 13.2 Å². The number of halogens is 3. The normalized spacial score (nSPS) is 12.3. The number of rotatable bonds is 3. The second kappa shape index (κ2) is 6.96. The number of benzene rings is 1. The molecule has 1 aromatic carbocycles. The number of aromatic nitrogens is 2. The average Bonchev–Trinajstić information content (AvgIpc) is 3.02. The summed E-state index contributed by atoms with van der Waals surface area (Å²) < 4.78 is 43.7. The molecule has 3 nitrogen and oxygen atoms in total. The van der Waals surface area contributed by atoms with E-state index in [1.165, 1.54) is 10.9 Å². The summed E-state index contributed by atoms with van der Waals surface area (Å²) in [7, 11) is 0. The van der Waals surface area contributed by atoms with Crippen molar-refractivity contribution < 1.29 is 17.9 Å². The van der Waals surface area contributed by atoms with Crippen molar-refractivity contribution in [3.8, 4) is 23.0 Å². The molecule has 2 heterocycles. The lowest BCUT2D eigenvalue weighted by Gasteiger charge is -2.19. The van der Waals surface area contributed by atoms with Crippen LogP contribution < -0.4 is 4.74 Å². The molecule has 27 heavy (non-hydrogen) atoms. The van der Waals surface area contributed by atoms with E-state index < -0.39 is 11.1 Å². The van der Waals surface area contributed by atoms with Gasteiger partial charge in [-0.05, 0) is 17.9 Å². The molecule has 0 saturated heterocycles. The molecular weight excluding hydrogens is 373 g/mol. The number of nitrogens with zero attached hydrogens (tertiary/aromatic N) is 2. The molecular formula is C20H19F3N2OS. The second-order valence-electron chi connectivity index (χ2n) is 7.25. The standard InChI is InChI=1S/C20H19F3N2OS/c1-12-9-17(26-15-10-16(27-11-15)20(21,22)23)25-18(24-12)13-5-7-14(8-6-13)19(2,3)4/h5-11H,1-4H3. The monoisotopic (exact) mass is 392 g/mol.